The summed E-state index contributed by atoms with van der Waals surface area (Å²) in [6, 6.07) is 0. The molecule has 1 saturated carbocycles. The van der Waals surface area contributed by atoms with Crippen LogP contribution in [0.15, 0.2) is 0 Å². The Hall–Kier alpha value is -0.570. The second-order valence-corrected chi connectivity index (χ2v) is 5.03. The van der Waals surface area contributed by atoms with Crippen LogP contribution in [0.3, 0.4) is 0 Å². The van der Waals surface area contributed by atoms with Crippen LogP contribution in [-0.2, 0) is 9.53 Å². The molecule has 3 heteroatoms. The van der Waals surface area contributed by atoms with E-state index in [1.165, 1.54) is 6.92 Å². The smallest absolute Gasteiger partial charge is 0.302 e. The number of esters is 1. The number of rotatable bonds is 1. The van der Waals surface area contributed by atoms with Crippen molar-refractivity contribution >= 4 is 5.97 Å². The molecule has 0 aliphatic heterocycles. The summed E-state index contributed by atoms with van der Waals surface area (Å²) in [4.78, 5) is 10.8. The molecule has 0 aromatic heterocycles. The Morgan fingerprint density at radius 1 is 1.23 bits per heavy atom. The third-order valence-electron chi connectivity index (χ3n) is 3.04. The monoisotopic (exact) mass is 186 g/mol. The van der Waals surface area contributed by atoms with Crippen molar-refractivity contribution in [3.8, 4) is 0 Å². The summed E-state index contributed by atoms with van der Waals surface area (Å²) in [6.45, 7) is 9.05. The Morgan fingerprint density at radius 2 is 1.62 bits per heavy atom. The standard InChI is InChI=1S/C10H18O3/c1-6(11)13-8-9(2,3)7(12)10(8,4)5/h7-8,12H,1-5H3. The SMILES string of the molecule is CC(=O)OC1C(C)(C)C(O)C1(C)C. The fourth-order valence-electron chi connectivity index (χ4n) is 2.58. The summed E-state index contributed by atoms with van der Waals surface area (Å²) in [7, 11) is 0. The molecule has 0 amide bonds. The molecule has 0 atom stereocenters. The van der Waals surface area contributed by atoms with Gasteiger partial charge < -0.3 is 9.84 Å². The van der Waals surface area contributed by atoms with E-state index in [4.69, 9.17) is 4.74 Å². The fraction of sp³-hybridized carbons (Fsp3) is 0.900. The molecule has 0 heterocycles. The van der Waals surface area contributed by atoms with Crippen molar-refractivity contribution < 1.29 is 14.6 Å². The van der Waals surface area contributed by atoms with Crippen LogP contribution in [0.2, 0.25) is 0 Å². The van der Waals surface area contributed by atoms with Crippen LogP contribution >= 0.6 is 0 Å². The van der Waals surface area contributed by atoms with Crippen molar-refractivity contribution in [2.45, 2.75) is 46.8 Å². The van der Waals surface area contributed by atoms with Crippen LogP contribution in [0, 0.1) is 10.8 Å². The topological polar surface area (TPSA) is 46.5 Å². The highest BCUT2D eigenvalue weighted by atomic mass is 16.5. The van der Waals surface area contributed by atoms with Gasteiger partial charge >= 0.3 is 5.97 Å². The zero-order chi connectivity index (χ0) is 10.4. The molecule has 0 unspecified atom stereocenters. The largest absolute Gasteiger partial charge is 0.461 e. The lowest BCUT2D eigenvalue weighted by Gasteiger charge is -2.60. The lowest BCUT2D eigenvalue weighted by molar-refractivity contribution is -0.258. The maximum atomic E-state index is 10.8. The van der Waals surface area contributed by atoms with Crippen molar-refractivity contribution in [1.29, 1.82) is 0 Å². The quantitative estimate of drug-likeness (QED) is 0.629. The number of hydrogen-bond acceptors (Lipinski definition) is 3. The Labute approximate surface area is 79.1 Å². The van der Waals surface area contributed by atoms with Crippen molar-refractivity contribution in [3.05, 3.63) is 0 Å². The van der Waals surface area contributed by atoms with Crippen LogP contribution < -0.4 is 0 Å². The summed E-state index contributed by atoms with van der Waals surface area (Å²) in [5.41, 5.74) is -0.648. The Morgan fingerprint density at radius 3 is 1.92 bits per heavy atom. The molecule has 13 heavy (non-hydrogen) atoms. The van der Waals surface area contributed by atoms with E-state index in [1.807, 2.05) is 27.7 Å². The normalized spacial score (nSPS) is 34.9. The van der Waals surface area contributed by atoms with Gasteiger partial charge in [0.15, 0.2) is 0 Å². The number of aliphatic hydroxyl groups excluding tert-OH is 1. The molecule has 76 valence electrons. The van der Waals surface area contributed by atoms with Gasteiger partial charge in [-0.25, -0.2) is 0 Å². The number of aliphatic hydroxyl groups is 1. The number of carbonyl (C=O) groups is 1. The molecule has 1 aliphatic carbocycles. The van der Waals surface area contributed by atoms with Gasteiger partial charge in [0.2, 0.25) is 0 Å². The predicted molar refractivity (Wildman–Crippen MR) is 49.1 cm³/mol. The van der Waals surface area contributed by atoms with E-state index in [-0.39, 0.29) is 22.9 Å². The van der Waals surface area contributed by atoms with Crippen LogP contribution in [0.5, 0.6) is 0 Å². The van der Waals surface area contributed by atoms with E-state index in [0.717, 1.165) is 0 Å². The Balaban J connectivity index is 2.78. The molecule has 0 saturated heterocycles. The van der Waals surface area contributed by atoms with Gasteiger partial charge in [0.1, 0.15) is 6.10 Å². The second-order valence-electron chi connectivity index (χ2n) is 5.03. The zero-order valence-corrected chi connectivity index (χ0v) is 8.92. The van der Waals surface area contributed by atoms with E-state index in [1.54, 1.807) is 0 Å². The van der Waals surface area contributed by atoms with Crippen molar-refractivity contribution in [2.75, 3.05) is 0 Å². The van der Waals surface area contributed by atoms with E-state index in [9.17, 15) is 9.90 Å². The Kier molecular flexibility index (Phi) is 2.19. The molecule has 1 N–H and O–H groups in total. The fourth-order valence-corrected chi connectivity index (χ4v) is 2.58. The van der Waals surface area contributed by atoms with E-state index < -0.39 is 6.10 Å². The van der Waals surface area contributed by atoms with Gasteiger partial charge in [0, 0.05) is 17.8 Å². The third-order valence-corrected chi connectivity index (χ3v) is 3.04. The molecule has 0 aromatic carbocycles. The third kappa shape index (κ3) is 1.35. The first-order chi connectivity index (χ1) is 5.70. The summed E-state index contributed by atoms with van der Waals surface area (Å²) in [5.74, 6) is -0.280. The van der Waals surface area contributed by atoms with Gasteiger partial charge in [-0.2, -0.15) is 0 Å². The summed E-state index contributed by atoms with van der Waals surface area (Å²) < 4.78 is 5.19. The first-order valence-electron chi connectivity index (χ1n) is 4.56. The first-order valence-corrected chi connectivity index (χ1v) is 4.56. The molecular formula is C10H18O3. The molecule has 0 aromatic rings. The van der Waals surface area contributed by atoms with Gasteiger partial charge in [-0.1, -0.05) is 27.7 Å². The van der Waals surface area contributed by atoms with Crippen LogP contribution in [-0.4, -0.2) is 23.3 Å². The first kappa shape index (κ1) is 10.5. The van der Waals surface area contributed by atoms with Crippen molar-refractivity contribution in [3.63, 3.8) is 0 Å². The highest BCUT2D eigenvalue weighted by Crippen LogP contribution is 2.55. The molecule has 0 radical (unpaired) electrons. The minimum atomic E-state index is -0.413. The summed E-state index contributed by atoms with van der Waals surface area (Å²) >= 11 is 0. The summed E-state index contributed by atoms with van der Waals surface area (Å²) in [6.07, 6.45) is -0.600. The van der Waals surface area contributed by atoms with Gasteiger partial charge in [-0.3, -0.25) is 4.79 Å². The van der Waals surface area contributed by atoms with Crippen molar-refractivity contribution in [2.24, 2.45) is 10.8 Å². The van der Waals surface area contributed by atoms with Gasteiger partial charge in [0.05, 0.1) is 6.10 Å². The maximum Gasteiger partial charge on any atom is 0.302 e. The predicted octanol–water partition coefficient (Wildman–Crippen LogP) is 1.34. The molecule has 1 fully saturated rings. The van der Waals surface area contributed by atoms with Crippen LogP contribution in [0.1, 0.15) is 34.6 Å². The zero-order valence-electron chi connectivity index (χ0n) is 8.92. The highest BCUT2D eigenvalue weighted by molar-refractivity contribution is 5.66. The number of ether oxygens (including phenoxy) is 1. The van der Waals surface area contributed by atoms with E-state index >= 15 is 0 Å². The molecule has 1 aliphatic rings. The minimum absolute atomic E-state index is 0.188. The molecular weight excluding hydrogens is 168 g/mol. The molecule has 3 nitrogen and oxygen atoms in total. The minimum Gasteiger partial charge on any atom is -0.461 e. The number of hydrogen-bond donors (Lipinski definition) is 1. The van der Waals surface area contributed by atoms with Crippen LogP contribution in [0.4, 0.5) is 0 Å². The lowest BCUT2D eigenvalue weighted by atomic mass is 9.51. The number of carbonyl (C=O) groups excluding carboxylic acids is 1. The van der Waals surface area contributed by atoms with E-state index in [0.29, 0.717) is 0 Å². The van der Waals surface area contributed by atoms with Crippen LogP contribution in [0.25, 0.3) is 0 Å². The van der Waals surface area contributed by atoms with Gasteiger partial charge in [-0.05, 0) is 0 Å². The average Bonchev–Trinajstić information content (AvgIpc) is 1.98. The summed E-state index contributed by atoms with van der Waals surface area (Å²) in [5, 5.41) is 9.80. The molecule has 1 rings (SSSR count). The maximum absolute atomic E-state index is 10.8. The molecule has 0 spiro atoms. The average molecular weight is 186 g/mol. The van der Waals surface area contributed by atoms with E-state index in [2.05, 4.69) is 0 Å². The van der Waals surface area contributed by atoms with Crippen molar-refractivity contribution in [1.82, 2.24) is 0 Å². The second kappa shape index (κ2) is 2.71. The lowest BCUT2D eigenvalue weighted by Crippen LogP contribution is -2.68. The van der Waals surface area contributed by atoms with Gasteiger partial charge in [0.25, 0.3) is 0 Å². The Bertz CT molecular complexity index is 214. The van der Waals surface area contributed by atoms with Gasteiger partial charge in [-0.15, -0.1) is 0 Å². The molecule has 0 bridgehead atoms. The highest BCUT2D eigenvalue weighted by Gasteiger charge is 2.63.